The highest BCUT2D eigenvalue weighted by Crippen LogP contribution is 2.32. The summed E-state index contributed by atoms with van der Waals surface area (Å²) in [5.41, 5.74) is 2.82. The summed E-state index contributed by atoms with van der Waals surface area (Å²) < 4.78 is 7.94. The third-order valence-electron chi connectivity index (χ3n) is 5.14. The van der Waals surface area contributed by atoms with Crippen LogP contribution in [0.5, 0.6) is 0 Å². The van der Waals surface area contributed by atoms with E-state index in [-0.39, 0.29) is 5.56 Å². The number of likely N-dealkylation sites (N-methyl/N-ethyl adjacent to an activating group) is 1. The maximum Gasteiger partial charge on any atom is 0.271 e. The Morgan fingerprint density at radius 3 is 2.59 bits per heavy atom. The minimum absolute atomic E-state index is 0.0624. The number of aromatic nitrogens is 3. The Hall–Kier alpha value is -1.83. The predicted octanol–water partition coefficient (Wildman–Crippen LogP) is 1.95. The zero-order chi connectivity index (χ0) is 19.6. The van der Waals surface area contributed by atoms with Gasteiger partial charge in [0.15, 0.2) is 0 Å². The molecule has 146 valence electrons. The molecule has 0 amide bonds. The van der Waals surface area contributed by atoms with E-state index >= 15 is 0 Å². The maximum absolute atomic E-state index is 13.3. The van der Waals surface area contributed by atoms with E-state index in [1.165, 1.54) is 16.2 Å². The van der Waals surface area contributed by atoms with Crippen molar-refractivity contribution in [2.24, 2.45) is 0 Å². The standard InChI is InChI=1S/C20H28N4O2S/c1-6-15-22-17-16-14(12-26-5)11-13(4)21-19(16)27-18(17)20(25)24(15)10-9-23(7-2)8-3/h11H,6-10,12H2,1-5H3/p+1. The quantitative estimate of drug-likeness (QED) is 0.640. The van der Waals surface area contributed by atoms with Crippen molar-refractivity contribution in [3.05, 3.63) is 33.5 Å². The Morgan fingerprint density at radius 1 is 1.22 bits per heavy atom. The van der Waals surface area contributed by atoms with E-state index in [0.717, 1.165) is 58.9 Å². The first kappa shape index (κ1) is 19.9. The van der Waals surface area contributed by atoms with Crippen LogP contribution in [0.2, 0.25) is 0 Å². The van der Waals surface area contributed by atoms with Crippen LogP contribution in [0.15, 0.2) is 10.9 Å². The highest BCUT2D eigenvalue weighted by Gasteiger charge is 2.19. The molecular formula is C20H29N4O2S+. The van der Waals surface area contributed by atoms with Crippen LogP contribution in [0.4, 0.5) is 0 Å². The SMILES string of the molecule is CCc1nc2c(sc3nc(C)cc(COC)c32)c(=O)n1CC[NH+](CC)CC. The second kappa shape index (κ2) is 8.46. The van der Waals surface area contributed by atoms with Crippen molar-refractivity contribution < 1.29 is 9.64 Å². The van der Waals surface area contributed by atoms with E-state index in [2.05, 4.69) is 25.8 Å². The van der Waals surface area contributed by atoms with Crippen LogP contribution >= 0.6 is 11.3 Å². The van der Waals surface area contributed by atoms with Crippen molar-refractivity contribution >= 4 is 31.8 Å². The fourth-order valence-electron chi connectivity index (χ4n) is 3.62. The number of thiophene rings is 1. The summed E-state index contributed by atoms with van der Waals surface area (Å²) in [6, 6.07) is 2.03. The average molecular weight is 390 g/mol. The van der Waals surface area contributed by atoms with Gasteiger partial charge in [-0.3, -0.25) is 9.36 Å². The first-order valence-electron chi connectivity index (χ1n) is 9.68. The molecule has 0 spiro atoms. The van der Waals surface area contributed by atoms with Crippen molar-refractivity contribution in [2.75, 3.05) is 26.7 Å². The van der Waals surface area contributed by atoms with Crippen LogP contribution < -0.4 is 10.5 Å². The minimum Gasteiger partial charge on any atom is -0.380 e. The number of hydrogen-bond donors (Lipinski definition) is 1. The monoisotopic (exact) mass is 389 g/mol. The molecule has 0 radical (unpaired) electrons. The van der Waals surface area contributed by atoms with Crippen molar-refractivity contribution in [3.63, 3.8) is 0 Å². The number of fused-ring (bicyclic) bond motifs is 3. The minimum atomic E-state index is 0.0624. The van der Waals surface area contributed by atoms with Gasteiger partial charge in [-0.2, -0.15) is 0 Å². The zero-order valence-electron chi connectivity index (χ0n) is 16.9. The van der Waals surface area contributed by atoms with Crippen LogP contribution in [0.25, 0.3) is 20.4 Å². The first-order chi connectivity index (χ1) is 13.0. The first-order valence-corrected chi connectivity index (χ1v) is 10.5. The van der Waals surface area contributed by atoms with E-state index in [0.29, 0.717) is 17.9 Å². The van der Waals surface area contributed by atoms with Gasteiger partial charge in [0.2, 0.25) is 0 Å². The molecule has 3 aromatic heterocycles. The van der Waals surface area contributed by atoms with E-state index in [9.17, 15) is 4.79 Å². The van der Waals surface area contributed by atoms with Gasteiger partial charge < -0.3 is 9.64 Å². The Balaban J connectivity index is 2.20. The topological polar surface area (TPSA) is 61.5 Å². The summed E-state index contributed by atoms with van der Waals surface area (Å²) in [5, 5.41) is 0.968. The van der Waals surface area contributed by atoms with Gasteiger partial charge in [0.05, 0.1) is 38.3 Å². The molecule has 0 atom stereocenters. The summed E-state index contributed by atoms with van der Waals surface area (Å²) in [4.78, 5) is 25.2. The van der Waals surface area contributed by atoms with Gasteiger partial charge in [-0.15, -0.1) is 11.3 Å². The molecule has 3 heterocycles. The van der Waals surface area contributed by atoms with Gasteiger partial charge in [-0.05, 0) is 32.4 Å². The largest absolute Gasteiger partial charge is 0.380 e. The average Bonchev–Trinajstić information content (AvgIpc) is 3.02. The molecular weight excluding hydrogens is 360 g/mol. The molecule has 0 aliphatic carbocycles. The fourth-order valence-corrected chi connectivity index (χ4v) is 4.77. The highest BCUT2D eigenvalue weighted by atomic mass is 32.1. The number of pyridine rings is 1. The number of nitrogens with one attached hydrogen (secondary N) is 1. The molecule has 0 saturated heterocycles. The molecule has 27 heavy (non-hydrogen) atoms. The van der Waals surface area contributed by atoms with Crippen LogP contribution in [0.1, 0.15) is 37.9 Å². The summed E-state index contributed by atoms with van der Waals surface area (Å²) in [5.74, 6) is 0.850. The molecule has 3 aromatic rings. The second-order valence-corrected chi connectivity index (χ2v) is 7.86. The van der Waals surface area contributed by atoms with Gasteiger partial charge in [-0.25, -0.2) is 9.97 Å². The molecule has 6 nitrogen and oxygen atoms in total. The van der Waals surface area contributed by atoms with Crippen molar-refractivity contribution in [1.82, 2.24) is 14.5 Å². The lowest BCUT2D eigenvalue weighted by atomic mass is 10.1. The van der Waals surface area contributed by atoms with Gasteiger partial charge in [0.1, 0.15) is 15.4 Å². The number of ether oxygens (including phenoxy) is 1. The molecule has 1 N–H and O–H groups in total. The highest BCUT2D eigenvalue weighted by molar-refractivity contribution is 7.25. The maximum atomic E-state index is 13.3. The van der Waals surface area contributed by atoms with Gasteiger partial charge >= 0.3 is 0 Å². The molecule has 0 bridgehead atoms. The van der Waals surface area contributed by atoms with Crippen molar-refractivity contribution in [3.8, 4) is 0 Å². The van der Waals surface area contributed by atoms with Gasteiger partial charge in [0, 0.05) is 24.6 Å². The molecule has 0 aromatic carbocycles. The number of quaternary nitrogens is 1. The molecule has 7 heteroatoms. The molecule has 0 fully saturated rings. The number of rotatable bonds is 8. The summed E-state index contributed by atoms with van der Waals surface area (Å²) in [7, 11) is 1.68. The van der Waals surface area contributed by atoms with Crippen LogP contribution in [0.3, 0.4) is 0 Å². The Bertz CT molecular complexity index is 1000. The lowest BCUT2D eigenvalue weighted by Crippen LogP contribution is -3.11. The van der Waals surface area contributed by atoms with E-state index < -0.39 is 0 Å². The van der Waals surface area contributed by atoms with E-state index in [1.54, 1.807) is 7.11 Å². The lowest BCUT2D eigenvalue weighted by Gasteiger charge is -2.17. The van der Waals surface area contributed by atoms with Crippen LogP contribution in [-0.4, -0.2) is 41.3 Å². The summed E-state index contributed by atoms with van der Waals surface area (Å²) in [6.07, 6.45) is 0.731. The van der Waals surface area contributed by atoms with Gasteiger partial charge in [0.25, 0.3) is 5.56 Å². The number of aryl methyl sites for hydroxylation is 2. The summed E-state index contributed by atoms with van der Waals surface area (Å²) in [6.45, 7) is 12.6. The molecule has 0 unspecified atom stereocenters. The van der Waals surface area contributed by atoms with Crippen LogP contribution in [0, 0.1) is 6.92 Å². The second-order valence-electron chi connectivity index (χ2n) is 6.86. The molecule has 3 rings (SSSR count). The smallest absolute Gasteiger partial charge is 0.271 e. The van der Waals surface area contributed by atoms with Crippen LogP contribution in [-0.2, 0) is 24.3 Å². The number of nitrogens with zero attached hydrogens (tertiary/aromatic N) is 3. The summed E-state index contributed by atoms with van der Waals surface area (Å²) >= 11 is 1.45. The lowest BCUT2D eigenvalue weighted by molar-refractivity contribution is -0.897. The molecule has 0 aliphatic heterocycles. The van der Waals surface area contributed by atoms with Crippen molar-refractivity contribution in [2.45, 2.75) is 47.3 Å². The fraction of sp³-hybridized carbons (Fsp3) is 0.550. The Morgan fingerprint density at radius 2 is 1.96 bits per heavy atom. The Kier molecular flexibility index (Phi) is 6.24. The molecule has 0 saturated carbocycles. The zero-order valence-corrected chi connectivity index (χ0v) is 17.7. The predicted molar refractivity (Wildman–Crippen MR) is 111 cm³/mol. The Labute approximate surface area is 163 Å². The molecule has 0 aliphatic rings. The third kappa shape index (κ3) is 3.77. The van der Waals surface area contributed by atoms with Crippen molar-refractivity contribution in [1.29, 1.82) is 0 Å². The van der Waals surface area contributed by atoms with Gasteiger partial charge in [-0.1, -0.05) is 6.92 Å². The van der Waals surface area contributed by atoms with E-state index in [4.69, 9.17) is 9.72 Å². The number of hydrogen-bond acceptors (Lipinski definition) is 5. The van der Waals surface area contributed by atoms with E-state index in [1.807, 2.05) is 17.6 Å². The third-order valence-corrected chi connectivity index (χ3v) is 6.20. The number of methoxy groups -OCH3 is 1. The normalized spacial score (nSPS) is 11.9.